The lowest BCUT2D eigenvalue weighted by atomic mass is 10.1. The second kappa shape index (κ2) is 7.22. The van der Waals surface area contributed by atoms with E-state index in [9.17, 15) is 14.9 Å². The second-order valence-electron chi connectivity index (χ2n) is 4.71. The number of nitro groups is 1. The molecule has 118 valence electrons. The molecule has 0 heterocycles. The van der Waals surface area contributed by atoms with Gasteiger partial charge in [-0.2, -0.15) is 0 Å². The Morgan fingerprint density at radius 1 is 1.26 bits per heavy atom. The SMILES string of the molecule is CNc1ccc(/C=C/C(=O)c2cccc(OC)c2)cc1[N+](=O)[O-]. The van der Waals surface area contributed by atoms with Gasteiger partial charge in [-0.25, -0.2) is 0 Å². The van der Waals surface area contributed by atoms with Crippen LogP contribution in [-0.2, 0) is 0 Å². The van der Waals surface area contributed by atoms with E-state index in [1.807, 2.05) is 0 Å². The average Bonchev–Trinajstić information content (AvgIpc) is 2.59. The number of allylic oxidation sites excluding steroid dienone is 1. The Morgan fingerprint density at radius 3 is 2.70 bits per heavy atom. The van der Waals surface area contributed by atoms with Crippen LogP contribution in [0.4, 0.5) is 11.4 Å². The fourth-order valence-corrected chi connectivity index (χ4v) is 2.06. The van der Waals surface area contributed by atoms with Crippen LogP contribution in [-0.4, -0.2) is 24.9 Å². The van der Waals surface area contributed by atoms with Crippen LogP contribution in [0.1, 0.15) is 15.9 Å². The van der Waals surface area contributed by atoms with Crippen molar-refractivity contribution in [2.45, 2.75) is 0 Å². The van der Waals surface area contributed by atoms with E-state index in [-0.39, 0.29) is 11.5 Å². The molecule has 2 aromatic rings. The van der Waals surface area contributed by atoms with Gasteiger partial charge in [-0.1, -0.05) is 24.3 Å². The number of nitrogens with one attached hydrogen (secondary N) is 1. The van der Waals surface area contributed by atoms with Crippen LogP contribution in [0, 0.1) is 10.1 Å². The zero-order valence-corrected chi connectivity index (χ0v) is 12.8. The van der Waals surface area contributed by atoms with E-state index >= 15 is 0 Å². The van der Waals surface area contributed by atoms with E-state index in [1.165, 1.54) is 19.3 Å². The topological polar surface area (TPSA) is 81.5 Å². The molecule has 0 bridgehead atoms. The lowest BCUT2D eigenvalue weighted by Gasteiger charge is -2.03. The van der Waals surface area contributed by atoms with Crippen LogP contribution in [0.3, 0.4) is 0 Å². The summed E-state index contributed by atoms with van der Waals surface area (Å²) >= 11 is 0. The van der Waals surface area contributed by atoms with Gasteiger partial charge in [0, 0.05) is 18.7 Å². The summed E-state index contributed by atoms with van der Waals surface area (Å²) in [6, 6.07) is 11.5. The molecule has 2 rings (SSSR count). The molecule has 6 nitrogen and oxygen atoms in total. The number of ketones is 1. The van der Waals surface area contributed by atoms with E-state index in [1.54, 1.807) is 49.5 Å². The van der Waals surface area contributed by atoms with Crippen molar-refractivity contribution in [3.8, 4) is 5.75 Å². The molecule has 0 aliphatic carbocycles. The van der Waals surface area contributed by atoms with E-state index in [0.717, 1.165) is 0 Å². The number of ether oxygens (including phenoxy) is 1. The number of carbonyl (C=O) groups is 1. The van der Waals surface area contributed by atoms with Crippen LogP contribution < -0.4 is 10.1 Å². The first-order chi connectivity index (χ1) is 11.0. The first-order valence-corrected chi connectivity index (χ1v) is 6.88. The maximum absolute atomic E-state index is 12.1. The van der Waals surface area contributed by atoms with E-state index < -0.39 is 4.92 Å². The van der Waals surface area contributed by atoms with Crippen molar-refractivity contribution in [3.63, 3.8) is 0 Å². The van der Waals surface area contributed by atoms with Crippen molar-refractivity contribution in [3.05, 3.63) is 69.8 Å². The zero-order chi connectivity index (χ0) is 16.8. The Balaban J connectivity index is 2.24. The van der Waals surface area contributed by atoms with Crippen molar-refractivity contribution >= 4 is 23.2 Å². The van der Waals surface area contributed by atoms with Gasteiger partial charge in [-0.15, -0.1) is 0 Å². The van der Waals surface area contributed by atoms with Crippen LogP contribution in [0.15, 0.2) is 48.5 Å². The second-order valence-corrected chi connectivity index (χ2v) is 4.71. The number of rotatable bonds is 6. The highest BCUT2D eigenvalue weighted by Gasteiger charge is 2.12. The standard InChI is InChI=1S/C17H16N2O4/c1-18-15-8-6-12(10-16(15)19(21)22)7-9-17(20)13-4-3-5-14(11-13)23-2/h3-11,18H,1-2H3/b9-7+. The number of benzene rings is 2. The van der Waals surface area contributed by atoms with Crippen LogP contribution in [0.5, 0.6) is 5.75 Å². The molecule has 0 aromatic heterocycles. The monoisotopic (exact) mass is 312 g/mol. The Labute approximate surface area is 133 Å². The number of methoxy groups -OCH3 is 1. The van der Waals surface area contributed by atoms with E-state index in [2.05, 4.69) is 5.32 Å². The molecule has 0 spiro atoms. The largest absolute Gasteiger partial charge is 0.497 e. The average molecular weight is 312 g/mol. The van der Waals surface area contributed by atoms with Gasteiger partial charge in [0.25, 0.3) is 5.69 Å². The molecule has 0 saturated carbocycles. The van der Waals surface area contributed by atoms with Crippen molar-refractivity contribution in [1.29, 1.82) is 0 Å². The number of nitrogens with zero attached hydrogens (tertiary/aromatic N) is 1. The first-order valence-electron chi connectivity index (χ1n) is 6.88. The Bertz CT molecular complexity index is 769. The van der Waals surface area contributed by atoms with Crippen molar-refractivity contribution in [2.24, 2.45) is 0 Å². The minimum Gasteiger partial charge on any atom is -0.497 e. The molecule has 2 aromatic carbocycles. The number of hydrogen-bond donors (Lipinski definition) is 1. The summed E-state index contributed by atoms with van der Waals surface area (Å²) in [6.07, 6.45) is 2.93. The Morgan fingerprint density at radius 2 is 2.04 bits per heavy atom. The van der Waals surface area contributed by atoms with Gasteiger partial charge in [0.15, 0.2) is 5.78 Å². The molecule has 1 N–H and O–H groups in total. The van der Waals surface area contributed by atoms with E-state index in [0.29, 0.717) is 22.6 Å². The molecule has 0 unspecified atom stereocenters. The number of hydrogen-bond acceptors (Lipinski definition) is 5. The van der Waals surface area contributed by atoms with Gasteiger partial charge in [-0.05, 0) is 29.8 Å². The summed E-state index contributed by atoms with van der Waals surface area (Å²) in [4.78, 5) is 22.7. The summed E-state index contributed by atoms with van der Waals surface area (Å²) in [5.74, 6) is 0.391. The van der Waals surface area contributed by atoms with Crippen molar-refractivity contribution in [1.82, 2.24) is 0 Å². The highest BCUT2D eigenvalue weighted by atomic mass is 16.6. The van der Waals surface area contributed by atoms with E-state index in [4.69, 9.17) is 4.74 Å². The lowest BCUT2D eigenvalue weighted by Crippen LogP contribution is -1.97. The fourth-order valence-electron chi connectivity index (χ4n) is 2.06. The quantitative estimate of drug-likeness (QED) is 0.382. The van der Waals surface area contributed by atoms with Gasteiger partial charge in [0.05, 0.1) is 12.0 Å². The molecule has 0 radical (unpaired) electrons. The molecular formula is C17H16N2O4. The fraction of sp³-hybridized carbons (Fsp3) is 0.118. The highest BCUT2D eigenvalue weighted by Crippen LogP contribution is 2.25. The van der Waals surface area contributed by atoms with Crippen LogP contribution in [0.25, 0.3) is 6.08 Å². The molecule has 6 heteroatoms. The molecule has 0 fully saturated rings. The lowest BCUT2D eigenvalue weighted by molar-refractivity contribution is -0.383. The maximum Gasteiger partial charge on any atom is 0.292 e. The van der Waals surface area contributed by atoms with Gasteiger partial charge in [0.1, 0.15) is 11.4 Å². The Kier molecular flexibility index (Phi) is 5.09. The highest BCUT2D eigenvalue weighted by molar-refractivity contribution is 6.07. The predicted octanol–water partition coefficient (Wildman–Crippen LogP) is 3.54. The van der Waals surface area contributed by atoms with Crippen LogP contribution in [0.2, 0.25) is 0 Å². The minimum atomic E-state index is -0.465. The molecule has 0 atom stereocenters. The third kappa shape index (κ3) is 3.94. The predicted molar refractivity (Wildman–Crippen MR) is 89.0 cm³/mol. The first kappa shape index (κ1) is 16.2. The minimum absolute atomic E-state index is 0.0384. The number of anilines is 1. The third-order valence-corrected chi connectivity index (χ3v) is 3.27. The molecular weight excluding hydrogens is 296 g/mol. The molecule has 0 aliphatic heterocycles. The van der Waals surface area contributed by atoms with Gasteiger partial charge >= 0.3 is 0 Å². The Hall–Kier alpha value is -3.15. The number of nitro benzene ring substituents is 1. The smallest absolute Gasteiger partial charge is 0.292 e. The maximum atomic E-state index is 12.1. The molecule has 0 aliphatic rings. The normalized spacial score (nSPS) is 10.5. The molecule has 23 heavy (non-hydrogen) atoms. The summed E-state index contributed by atoms with van der Waals surface area (Å²) in [6.45, 7) is 0. The van der Waals surface area contributed by atoms with Crippen molar-refractivity contribution in [2.75, 3.05) is 19.5 Å². The summed E-state index contributed by atoms with van der Waals surface area (Å²) in [5, 5.41) is 13.8. The van der Waals surface area contributed by atoms with Gasteiger partial charge in [-0.3, -0.25) is 14.9 Å². The van der Waals surface area contributed by atoms with Gasteiger partial charge < -0.3 is 10.1 Å². The third-order valence-electron chi connectivity index (χ3n) is 3.27. The molecule has 0 amide bonds. The number of carbonyl (C=O) groups excluding carboxylic acids is 1. The van der Waals surface area contributed by atoms with Gasteiger partial charge in [0.2, 0.25) is 0 Å². The summed E-state index contributed by atoms with van der Waals surface area (Å²) in [7, 11) is 3.14. The van der Waals surface area contributed by atoms with Crippen LogP contribution >= 0.6 is 0 Å². The zero-order valence-electron chi connectivity index (χ0n) is 12.8. The van der Waals surface area contributed by atoms with Crippen molar-refractivity contribution < 1.29 is 14.5 Å². The summed E-state index contributed by atoms with van der Waals surface area (Å²) < 4.78 is 5.08. The summed E-state index contributed by atoms with van der Waals surface area (Å²) in [5.41, 5.74) is 1.45. The molecule has 0 saturated heterocycles.